The van der Waals surface area contributed by atoms with E-state index in [9.17, 15) is 5.11 Å². The van der Waals surface area contributed by atoms with Crippen LogP contribution in [-0.4, -0.2) is 41.2 Å². The molecule has 0 fully saturated rings. The Balaban J connectivity index is 2.22. The van der Waals surface area contributed by atoms with Crippen LogP contribution in [0.3, 0.4) is 0 Å². The van der Waals surface area contributed by atoms with Gasteiger partial charge in [0, 0.05) is 30.5 Å². The molecule has 0 aliphatic heterocycles. The quantitative estimate of drug-likeness (QED) is 0.657. The first-order valence-corrected chi connectivity index (χ1v) is 6.49. The molecule has 0 aliphatic carbocycles. The van der Waals surface area contributed by atoms with Crippen LogP contribution in [-0.2, 0) is 4.74 Å². The third-order valence-electron chi connectivity index (χ3n) is 2.76. The van der Waals surface area contributed by atoms with Crippen molar-refractivity contribution >= 4 is 0 Å². The molecule has 0 aromatic carbocycles. The third-order valence-corrected chi connectivity index (χ3v) is 2.76. The van der Waals surface area contributed by atoms with Crippen molar-refractivity contribution in [2.45, 2.75) is 39.8 Å². The zero-order valence-corrected chi connectivity index (χ0v) is 11.7. The second-order valence-corrected chi connectivity index (χ2v) is 5.17. The van der Waals surface area contributed by atoms with E-state index < -0.39 is 6.10 Å². The maximum Gasteiger partial charge on any atom is 0.0897 e. The minimum atomic E-state index is -0.474. The Bertz CT molecular complexity index is 339. The number of hydrogen-bond donors (Lipinski definition) is 3. The molecule has 5 nitrogen and oxygen atoms in total. The van der Waals surface area contributed by atoms with Crippen molar-refractivity contribution in [3.63, 3.8) is 0 Å². The summed E-state index contributed by atoms with van der Waals surface area (Å²) < 4.78 is 5.40. The van der Waals surface area contributed by atoms with Crippen molar-refractivity contribution in [2.24, 2.45) is 5.92 Å². The summed E-state index contributed by atoms with van der Waals surface area (Å²) in [5, 5.41) is 19.9. The fourth-order valence-corrected chi connectivity index (χ4v) is 1.72. The SMILES string of the molecule is Cc1[nH]ncc1C(C)NCC(O)COCC(C)C. The number of hydrogen-bond acceptors (Lipinski definition) is 4. The van der Waals surface area contributed by atoms with Gasteiger partial charge in [-0.2, -0.15) is 5.10 Å². The number of nitrogens with zero attached hydrogens (tertiary/aromatic N) is 1. The molecule has 0 amide bonds. The zero-order chi connectivity index (χ0) is 13.5. The summed E-state index contributed by atoms with van der Waals surface area (Å²) in [6, 6.07) is 0.170. The molecule has 5 heteroatoms. The van der Waals surface area contributed by atoms with Gasteiger partial charge >= 0.3 is 0 Å². The van der Waals surface area contributed by atoms with Gasteiger partial charge in [-0.15, -0.1) is 0 Å². The lowest BCUT2D eigenvalue weighted by Crippen LogP contribution is -2.32. The van der Waals surface area contributed by atoms with Crippen LogP contribution in [0.25, 0.3) is 0 Å². The van der Waals surface area contributed by atoms with E-state index in [4.69, 9.17) is 4.74 Å². The van der Waals surface area contributed by atoms with Gasteiger partial charge in [0.05, 0.1) is 18.9 Å². The maximum absolute atomic E-state index is 9.77. The average molecular weight is 255 g/mol. The van der Waals surface area contributed by atoms with Gasteiger partial charge in [-0.1, -0.05) is 13.8 Å². The van der Waals surface area contributed by atoms with Crippen LogP contribution in [0.1, 0.15) is 38.1 Å². The van der Waals surface area contributed by atoms with E-state index in [1.165, 1.54) is 0 Å². The molecule has 0 aliphatic rings. The van der Waals surface area contributed by atoms with Gasteiger partial charge in [-0.3, -0.25) is 5.10 Å². The molecule has 0 saturated carbocycles. The van der Waals surface area contributed by atoms with Crippen molar-refractivity contribution in [3.8, 4) is 0 Å². The van der Waals surface area contributed by atoms with E-state index in [0.717, 1.165) is 11.3 Å². The molecule has 1 aromatic heterocycles. The highest BCUT2D eigenvalue weighted by atomic mass is 16.5. The first-order valence-electron chi connectivity index (χ1n) is 6.49. The Morgan fingerprint density at radius 3 is 2.67 bits per heavy atom. The lowest BCUT2D eigenvalue weighted by molar-refractivity contribution is 0.0252. The highest BCUT2D eigenvalue weighted by molar-refractivity contribution is 5.18. The van der Waals surface area contributed by atoms with Crippen LogP contribution in [0.5, 0.6) is 0 Å². The second-order valence-electron chi connectivity index (χ2n) is 5.17. The third kappa shape index (κ3) is 5.16. The predicted molar refractivity (Wildman–Crippen MR) is 71.4 cm³/mol. The van der Waals surface area contributed by atoms with Crippen molar-refractivity contribution in [1.29, 1.82) is 0 Å². The van der Waals surface area contributed by atoms with Crippen LogP contribution in [0.2, 0.25) is 0 Å². The van der Waals surface area contributed by atoms with Crippen molar-refractivity contribution in [1.82, 2.24) is 15.5 Å². The summed E-state index contributed by atoms with van der Waals surface area (Å²) in [6.45, 7) is 9.81. The topological polar surface area (TPSA) is 70.2 Å². The second kappa shape index (κ2) is 7.51. The Labute approximate surface area is 109 Å². The summed E-state index contributed by atoms with van der Waals surface area (Å²) in [4.78, 5) is 0. The van der Waals surface area contributed by atoms with Gasteiger partial charge in [0.15, 0.2) is 0 Å². The number of ether oxygens (including phenoxy) is 1. The number of aryl methyl sites for hydroxylation is 1. The van der Waals surface area contributed by atoms with Gasteiger partial charge in [0.25, 0.3) is 0 Å². The molecule has 0 spiro atoms. The van der Waals surface area contributed by atoms with Gasteiger partial charge in [-0.05, 0) is 19.8 Å². The zero-order valence-electron chi connectivity index (χ0n) is 11.7. The monoisotopic (exact) mass is 255 g/mol. The molecule has 2 unspecified atom stereocenters. The van der Waals surface area contributed by atoms with Gasteiger partial charge < -0.3 is 15.2 Å². The normalized spacial score (nSPS) is 15.0. The fraction of sp³-hybridized carbons (Fsp3) is 0.769. The van der Waals surface area contributed by atoms with E-state index in [-0.39, 0.29) is 6.04 Å². The van der Waals surface area contributed by atoms with E-state index >= 15 is 0 Å². The Kier molecular flexibility index (Phi) is 6.32. The number of rotatable bonds is 8. The molecule has 2 atom stereocenters. The minimum absolute atomic E-state index is 0.170. The number of nitrogens with one attached hydrogen (secondary N) is 2. The summed E-state index contributed by atoms with van der Waals surface area (Å²) in [5.41, 5.74) is 2.19. The lowest BCUT2D eigenvalue weighted by atomic mass is 10.1. The summed E-state index contributed by atoms with van der Waals surface area (Å²) in [5.74, 6) is 0.498. The summed E-state index contributed by atoms with van der Waals surface area (Å²) in [6.07, 6.45) is 1.34. The summed E-state index contributed by atoms with van der Waals surface area (Å²) >= 11 is 0. The van der Waals surface area contributed by atoms with Crippen LogP contribution < -0.4 is 5.32 Å². The smallest absolute Gasteiger partial charge is 0.0897 e. The first kappa shape index (κ1) is 15.1. The molecule has 1 aromatic rings. The van der Waals surface area contributed by atoms with Crippen LogP contribution in [0, 0.1) is 12.8 Å². The first-order chi connectivity index (χ1) is 8.50. The van der Waals surface area contributed by atoms with Crippen LogP contribution >= 0.6 is 0 Å². The van der Waals surface area contributed by atoms with E-state index in [2.05, 4.69) is 36.3 Å². The molecule has 104 valence electrons. The number of aliphatic hydroxyl groups excluding tert-OH is 1. The van der Waals surface area contributed by atoms with Crippen LogP contribution in [0.15, 0.2) is 6.20 Å². The molecule has 0 saturated heterocycles. The standard InChI is InChI=1S/C13H25N3O2/c1-9(2)7-18-8-12(17)5-14-10(3)13-6-15-16-11(13)4/h6,9-10,12,14,17H,5,7-8H2,1-4H3,(H,15,16). The molecule has 1 rings (SSSR count). The highest BCUT2D eigenvalue weighted by Crippen LogP contribution is 2.13. The Morgan fingerprint density at radius 1 is 1.39 bits per heavy atom. The average Bonchev–Trinajstić information content (AvgIpc) is 2.72. The molecule has 3 N–H and O–H groups in total. The Hall–Kier alpha value is -0.910. The van der Waals surface area contributed by atoms with E-state index in [1.54, 1.807) is 0 Å². The van der Waals surface area contributed by atoms with Crippen LogP contribution in [0.4, 0.5) is 0 Å². The Morgan fingerprint density at radius 2 is 2.11 bits per heavy atom. The molecule has 18 heavy (non-hydrogen) atoms. The largest absolute Gasteiger partial charge is 0.389 e. The molecular weight excluding hydrogens is 230 g/mol. The lowest BCUT2D eigenvalue weighted by Gasteiger charge is -2.17. The van der Waals surface area contributed by atoms with Crippen molar-refractivity contribution in [2.75, 3.05) is 19.8 Å². The van der Waals surface area contributed by atoms with Crippen molar-refractivity contribution in [3.05, 3.63) is 17.5 Å². The number of aliphatic hydroxyl groups is 1. The molecule has 1 heterocycles. The molecular formula is C13H25N3O2. The highest BCUT2D eigenvalue weighted by Gasteiger charge is 2.12. The number of aromatic nitrogens is 2. The predicted octanol–water partition coefficient (Wildman–Crippen LogP) is 1.40. The molecule has 0 radical (unpaired) electrons. The van der Waals surface area contributed by atoms with E-state index in [0.29, 0.717) is 25.7 Å². The number of aromatic amines is 1. The van der Waals surface area contributed by atoms with Gasteiger partial charge in [0.1, 0.15) is 0 Å². The summed E-state index contributed by atoms with van der Waals surface area (Å²) in [7, 11) is 0. The minimum Gasteiger partial charge on any atom is -0.389 e. The van der Waals surface area contributed by atoms with Crippen molar-refractivity contribution < 1.29 is 9.84 Å². The molecule has 0 bridgehead atoms. The van der Waals surface area contributed by atoms with Gasteiger partial charge in [0.2, 0.25) is 0 Å². The fourth-order valence-electron chi connectivity index (χ4n) is 1.72. The maximum atomic E-state index is 9.77. The van der Waals surface area contributed by atoms with Gasteiger partial charge in [-0.25, -0.2) is 0 Å². The number of H-pyrrole nitrogens is 1. The van der Waals surface area contributed by atoms with E-state index in [1.807, 2.05) is 13.1 Å².